The predicted molar refractivity (Wildman–Crippen MR) is 55.6 cm³/mol. The highest BCUT2D eigenvalue weighted by molar-refractivity contribution is 7.88. The van der Waals surface area contributed by atoms with Gasteiger partial charge in [-0.15, -0.1) is 0 Å². The predicted octanol–water partition coefficient (Wildman–Crippen LogP) is -0.0264. The van der Waals surface area contributed by atoms with E-state index in [1.54, 1.807) is 4.31 Å². The van der Waals surface area contributed by atoms with Crippen LogP contribution in [0.2, 0.25) is 0 Å². The minimum atomic E-state index is -2.96. The van der Waals surface area contributed by atoms with Crippen LogP contribution in [0, 0.1) is 5.41 Å². The summed E-state index contributed by atoms with van der Waals surface area (Å²) in [6.07, 6.45) is 2.35. The van der Waals surface area contributed by atoms with Gasteiger partial charge in [-0.2, -0.15) is 0 Å². The molecule has 0 aliphatic carbocycles. The summed E-state index contributed by atoms with van der Waals surface area (Å²) in [5.74, 6) is 0. The van der Waals surface area contributed by atoms with Crippen molar-refractivity contribution in [2.75, 3.05) is 39.0 Å². The molecule has 0 saturated carbocycles. The second kappa shape index (κ2) is 3.18. The number of sulfonamides is 1. The lowest BCUT2D eigenvalue weighted by molar-refractivity contribution is 0.0178. The van der Waals surface area contributed by atoms with Crippen molar-refractivity contribution in [2.24, 2.45) is 5.41 Å². The highest BCUT2D eigenvalue weighted by atomic mass is 32.2. The van der Waals surface area contributed by atoms with E-state index in [-0.39, 0.29) is 0 Å². The first-order valence-electron chi connectivity index (χ1n) is 5.13. The van der Waals surface area contributed by atoms with Crippen molar-refractivity contribution in [3.8, 4) is 0 Å². The van der Waals surface area contributed by atoms with Crippen LogP contribution in [0.3, 0.4) is 0 Å². The highest BCUT2D eigenvalue weighted by Gasteiger charge is 2.48. The Balaban J connectivity index is 1.97. The van der Waals surface area contributed by atoms with Crippen LogP contribution in [0.15, 0.2) is 0 Å². The smallest absolute Gasteiger partial charge is 0.211 e. The molecule has 2 rings (SSSR count). The van der Waals surface area contributed by atoms with Gasteiger partial charge in [0.1, 0.15) is 0 Å². The SMILES string of the molecule is CCN1CC2(CCN(S(C)(=O)=O)C2)C1. The summed E-state index contributed by atoms with van der Waals surface area (Å²) < 4.78 is 24.3. The molecule has 0 amide bonds. The van der Waals surface area contributed by atoms with Gasteiger partial charge in [0.25, 0.3) is 0 Å². The summed E-state index contributed by atoms with van der Waals surface area (Å²) in [6.45, 7) is 6.85. The van der Waals surface area contributed by atoms with Crippen LogP contribution in [-0.2, 0) is 10.0 Å². The normalized spacial score (nSPS) is 28.1. The van der Waals surface area contributed by atoms with Crippen LogP contribution < -0.4 is 0 Å². The Kier molecular flexibility index (Phi) is 2.36. The number of nitrogens with zero attached hydrogens (tertiary/aromatic N) is 2. The quantitative estimate of drug-likeness (QED) is 0.654. The van der Waals surface area contributed by atoms with Crippen LogP contribution in [-0.4, -0.2) is 56.6 Å². The number of likely N-dealkylation sites (tertiary alicyclic amines) is 1. The Morgan fingerprint density at radius 3 is 2.36 bits per heavy atom. The van der Waals surface area contributed by atoms with Crippen molar-refractivity contribution >= 4 is 10.0 Å². The van der Waals surface area contributed by atoms with Gasteiger partial charge >= 0.3 is 0 Å². The molecule has 1 spiro atoms. The Morgan fingerprint density at radius 1 is 1.29 bits per heavy atom. The van der Waals surface area contributed by atoms with Crippen LogP contribution in [0.1, 0.15) is 13.3 Å². The van der Waals surface area contributed by atoms with Crippen molar-refractivity contribution in [3.63, 3.8) is 0 Å². The zero-order valence-electron chi connectivity index (χ0n) is 8.86. The van der Waals surface area contributed by atoms with Crippen molar-refractivity contribution < 1.29 is 8.42 Å². The fraction of sp³-hybridized carbons (Fsp3) is 1.00. The van der Waals surface area contributed by atoms with Gasteiger partial charge in [0.05, 0.1) is 6.26 Å². The van der Waals surface area contributed by atoms with Gasteiger partial charge in [-0.25, -0.2) is 12.7 Å². The standard InChI is InChI=1S/C9H18N2O2S/c1-3-10-6-9(7-10)4-5-11(8-9)14(2,12)13/h3-8H2,1-2H3. The molecule has 0 aromatic heterocycles. The minimum absolute atomic E-state index is 0.291. The monoisotopic (exact) mass is 218 g/mol. The molecular formula is C9H18N2O2S. The number of hydrogen-bond donors (Lipinski definition) is 0. The molecule has 2 saturated heterocycles. The van der Waals surface area contributed by atoms with E-state index in [4.69, 9.17) is 0 Å². The van der Waals surface area contributed by atoms with Gasteiger partial charge in [-0.3, -0.25) is 0 Å². The Morgan fingerprint density at radius 2 is 1.93 bits per heavy atom. The molecule has 0 bridgehead atoms. The summed E-state index contributed by atoms with van der Waals surface area (Å²) >= 11 is 0. The molecule has 2 aliphatic rings. The van der Waals surface area contributed by atoms with Crippen LogP contribution in [0.5, 0.6) is 0 Å². The molecule has 0 aromatic rings. The fourth-order valence-corrected chi connectivity index (χ4v) is 3.49. The van der Waals surface area contributed by atoms with Gasteiger partial charge in [0.15, 0.2) is 0 Å². The van der Waals surface area contributed by atoms with E-state index in [0.717, 1.165) is 39.1 Å². The molecule has 2 aliphatic heterocycles. The maximum Gasteiger partial charge on any atom is 0.211 e. The summed E-state index contributed by atoms with van der Waals surface area (Å²) in [5, 5.41) is 0. The van der Waals surface area contributed by atoms with E-state index in [2.05, 4.69) is 11.8 Å². The zero-order valence-corrected chi connectivity index (χ0v) is 9.68. The summed E-state index contributed by atoms with van der Waals surface area (Å²) in [5.41, 5.74) is 0.291. The van der Waals surface area contributed by atoms with Gasteiger partial charge in [-0.1, -0.05) is 6.92 Å². The molecule has 0 atom stereocenters. The Hall–Kier alpha value is -0.130. The maximum atomic E-state index is 11.3. The van der Waals surface area contributed by atoms with E-state index >= 15 is 0 Å². The molecule has 2 fully saturated rings. The molecule has 82 valence electrons. The third-order valence-electron chi connectivity index (χ3n) is 3.44. The second-order valence-electron chi connectivity index (χ2n) is 4.65. The van der Waals surface area contributed by atoms with Crippen molar-refractivity contribution in [2.45, 2.75) is 13.3 Å². The first-order valence-corrected chi connectivity index (χ1v) is 6.97. The first kappa shape index (κ1) is 10.4. The maximum absolute atomic E-state index is 11.3. The van der Waals surface area contributed by atoms with Gasteiger partial charge < -0.3 is 4.90 Å². The summed E-state index contributed by atoms with van der Waals surface area (Å²) in [7, 11) is -2.96. The van der Waals surface area contributed by atoms with E-state index in [1.807, 2.05) is 0 Å². The lowest BCUT2D eigenvalue weighted by atomic mass is 9.79. The molecule has 5 heteroatoms. The number of rotatable bonds is 2. The van der Waals surface area contributed by atoms with Crippen LogP contribution in [0.25, 0.3) is 0 Å². The molecule has 4 nitrogen and oxygen atoms in total. The van der Waals surface area contributed by atoms with Gasteiger partial charge in [-0.05, 0) is 13.0 Å². The van der Waals surface area contributed by atoms with E-state index in [0.29, 0.717) is 5.41 Å². The van der Waals surface area contributed by atoms with E-state index in [1.165, 1.54) is 6.26 Å². The highest BCUT2D eigenvalue weighted by Crippen LogP contribution is 2.39. The average molecular weight is 218 g/mol. The molecule has 2 heterocycles. The molecular weight excluding hydrogens is 200 g/mol. The third-order valence-corrected chi connectivity index (χ3v) is 4.69. The first-order chi connectivity index (χ1) is 6.45. The van der Waals surface area contributed by atoms with Crippen molar-refractivity contribution in [1.29, 1.82) is 0 Å². The van der Waals surface area contributed by atoms with Crippen molar-refractivity contribution in [3.05, 3.63) is 0 Å². The van der Waals surface area contributed by atoms with Crippen LogP contribution >= 0.6 is 0 Å². The molecule has 0 aromatic carbocycles. The minimum Gasteiger partial charge on any atom is -0.302 e. The molecule has 0 radical (unpaired) electrons. The number of hydrogen-bond acceptors (Lipinski definition) is 3. The van der Waals surface area contributed by atoms with Crippen LogP contribution in [0.4, 0.5) is 0 Å². The zero-order chi connectivity index (χ0) is 10.4. The third kappa shape index (κ3) is 1.68. The van der Waals surface area contributed by atoms with Crippen molar-refractivity contribution in [1.82, 2.24) is 9.21 Å². The lowest BCUT2D eigenvalue weighted by Gasteiger charge is -2.47. The summed E-state index contributed by atoms with van der Waals surface area (Å²) in [4.78, 5) is 2.37. The Bertz CT molecular complexity index is 320. The van der Waals surface area contributed by atoms with Gasteiger partial charge in [0.2, 0.25) is 10.0 Å². The fourth-order valence-electron chi connectivity index (χ4n) is 2.56. The summed E-state index contributed by atoms with van der Waals surface area (Å²) in [6, 6.07) is 0. The molecule has 0 N–H and O–H groups in total. The largest absolute Gasteiger partial charge is 0.302 e. The second-order valence-corrected chi connectivity index (χ2v) is 6.63. The average Bonchev–Trinajstić information content (AvgIpc) is 2.43. The van der Waals surface area contributed by atoms with E-state index in [9.17, 15) is 8.42 Å². The Labute approximate surface area is 85.9 Å². The van der Waals surface area contributed by atoms with Gasteiger partial charge in [0, 0.05) is 31.6 Å². The molecule has 14 heavy (non-hydrogen) atoms. The van der Waals surface area contributed by atoms with E-state index < -0.39 is 10.0 Å². The molecule has 0 unspecified atom stereocenters. The topological polar surface area (TPSA) is 40.6 Å². The lowest BCUT2D eigenvalue weighted by Crippen LogP contribution is -2.57.